The number of rotatable bonds is 1. The molecular weight excluding hydrogens is 174 g/mol. The van der Waals surface area contributed by atoms with Gasteiger partial charge in [-0.05, 0) is 31.2 Å². The highest BCUT2D eigenvalue weighted by molar-refractivity contribution is 6.30. The predicted octanol–water partition coefficient (Wildman–Crippen LogP) is 2.08. The van der Waals surface area contributed by atoms with Crippen molar-refractivity contribution in [3.63, 3.8) is 0 Å². The number of phenols is 1. The molecule has 1 heterocycles. The van der Waals surface area contributed by atoms with E-state index in [0.717, 1.165) is 18.5 Å². The van der Waals surface area contributed by atoms with E-state index in [1.807, 2.05) is 6.07 Å². The minimum absolute atomic E-state index is 0.295. The minimum atomic E-state index is 0.295. The summed E-state index contributed by atoms with van der Waals surface area (Å²) in [5.41, 5.74) is 0.911. The van der Waals surface area contributed by atoms with E-state index in [-0.39, 0.29) is 0 Å². The van der Waals surface area contributed by atoms with Crippen LogP contribution in [0.3, 0.4) is 0 Å². The smallest absolute Gasteiger partial charge is 0.120 e. The lowest BCUT2D eigenvalue weighted by atomic mass is 9.97. The first-order chi connectivity index (χ1) is 5.77. The van der Waals surface area contributed by atoms with Crippen LogP contribution in [0.4, 0.5) is 0 Å². The average molecular weight is 184 g/mol. The van der Waals surface area contributed by atoms with Gasteiger partial charge in [-0.3, -0.25) is 0 Å². The lowest BCUT2D eigenvalue weighted by Gasteiger charge is -2.28. The molecule has 0 saturated carbocycles. The lowest BCUT2D eigenvalue weighted by Crippen LogP contribution is -2.34. The van der Waals surface area contributed by atoms with E-state index >= 15 is 0 Å². The first-order valence-corrected chi connectivity index (χ1v) is 4.37. The normalized spacial score (nSPS) is 21.9. The maximum absolute atomic E-state index is 9.47. The fourth-order valence-electron chi connectivity index (χ4n) is 1.36. The SMILES string of the molecule is Oc1ccc(Cl)cc1[C@H]1CCN1. The van der Waals surface area contributed by atoms with E-state index < -0.39 is 0 Å². The average Bonchev–Trinajstić information content (AvgIpc) is 1.93. The molecular formula is C9H10ClNO. The Morgan fingerprint density at radius 1 is 1.50 bits per heavy atom. The topological polar surface area (TPSA) is 32.3 Å². The van der Waals surface area contributed by atoms with Crippen molar-refractivity contribution in [2.45, 2.75) is 12.5 Å². The van der Waals surface area contributed by atoms with Crippen LogP contribution in [0.5, 0.6) is 5.75 Å². The highest BCUT2D eigenvalue weighted by Crippen LogP contribution is 2.32. The number of aromatic hydroxyl groups is 1. The Labute approximate surface area is 76.2 Å². The monoisotopic (exact) mass is 183 g/mol. The molecule has 3 heteroatoms. The van der Waals surface area contributed by atoms with Gasteiger partial charge in [-0.2, -0.15) is 0 Å². The summed E-state index contributed by atoms with van der Waals surface area (Å²) < 4.78 is 0. The molecule has 2 N–H and O–H groups in total. The molecule has 0 aliphatic carbocycles. The Balaban J connectivity index is 2.34. The summed E-state index contributed by atoms with van der Waals surface area (Å²) >= 11 is 5.80. The van der Waals surface area contributed by atoms with Crippen LogP contribution >= 0.6 is 11.6 Å². The van der Waals surface area contributed by atoms with Gasteiger partial charge in [0.1, 0.15) is 5.75 Å². The third kappa shape index (κ3) is 1.28. The zero-order chi connectivity index (χ0) is 8.55. The first-order valence-electron chi connectivity index (χ1n) is 3.99. The van der Waals surface area contributed by atoms with Crippen molar-refractivity contribution >= 4 is 11.6 Å². The number of hydrogen-bond acceptors (Lipinski definition) is 2. The van der Waals surface area contributed by atoms with Crippen molar-refractivity contribution in [2.24, 2.45) is 0 Å². The Hall–Kier alpha value is -0.730. The molecule has 0 amide bonds. The van der Waals surface area contributed by atoms with E-state index in [9.17, 15) is 5.11 Å². The van der Waals surface area contributed by atoms with Crippen LogP contribution in [0.25, 0.3) is 0 Å². The molecule has 1 fully saturated rings. The van der Waals surface area contributed by atoms with Gasteiger partial charge in [0.25, 0.3) is 0 Å². The van der Waals surface area contributed by atoms with Gasteiger partial charge < -0.3 is 10.4 Å². The molecule has 0 radical (unpaired) electrons. The fourth-order valence-corrected chi connectivity index (χ4v) is 1.54. The molecule has 0 bridgehead atoms. The molecule has 1 aromatic rings. The van der Waals surface area contributed by atoms with Gasteiger partial charge in [-0.15, -0.1) is 0 Å². The standard InChI is InChI=1S/C9H10ClNO/c10-6-1-2-9(12)7(5-6)8-3-4-11-8/h1-2,5,8,11-12H,3-4H2/t8-/m1/s1. The summed E-state index contributed by atoms with van der Waals surface area (Å²) in [6, 6.07) is 5.44. The molecule has 12 heavy (non-hydrogen) atoms. The summed E-state index contributed by atoms with van der Waals surface area (Å²) in [6.45, 7) is 1.02. The Morgan fingerprint density at radius 2 is 2.25 bits per heavy atom. The quantitative estimate of drug-likeness (QED) is 0.699. The van der Waals surface area contributed by atoms with Crippen LogP contribution in [0.1, 0.15) is 18.0 Å². The lowest BCUT2D eigenvalue weighted by molar-refractivity contribution is 0.364. The molecule has 0 unspecified atom stereocenters. The maximum Gasteiger partial charge on any atom is 0.120 e. The third-order valence-corrected chi connectivity index (χ3v) is 2.42. The van der Waals surface area contributed by atoms with Gasteiger partial charge >= 0.3 is 0 Å². The zero-order valence-electron chi connectivity index (χ0n) is 6.55. The van der Waals surface area contributed by atoms with Crippen molar-refractivity contribution in [3.05, 3.63) is 28.8 Å². The summed E-state index contributed by atoms with van der Waals surface area (Å²) in [4.78, 5) is 0. The van der Waals surface area contributed by atoms with Crippen molar-refractivity contribution in [1.29, 1.82) is 0 Å². The largest absolute Gasteiger partial charge is 0.508 e. The van der Waals surface area contributed by atoms with Gasteiger partial charge in [0.05, 0.1) is 0 Å². The van der Waals surface area contributed by atoms with Crippen molar-refractivity contribution in [3.8, 4) is 5.75 Å². The van der Waals surface area contributed by atoms with Crippen LogP contribution in [0, 0.1) is 0 Å². The molecule has 0 spiro atoms. The number of halogens is 1. The van der Waals surface area contributed by atoms with Crippen molar-refractivity contribution < 1.29 is 5.11 Å². The van der Waals surface area contributed by atoms with Crippen LogP contribution in [-0.4, -0.2) is 11.7 Å². The molecule has 2 rings (SSSR count). The maximum atomic E-state index is 9.47. The highest BCUT2D eigenvalue weighted by Gasteiger charge is 2.21. The molecule has 1 aromatic carbocycles. The van der Waals surface area contributed by atoms with Crippen LogP contribution in [-0.2, 0) is 0 Å². The Bertz CT molecular complexity index is 297. The molecule has 1 atom stereocenters. The summed E-state index contributed by atoms with van der Waals surface area (Å²) in [5.74, 6) is 0.330. The van der Waals surface area contributed by atoms with Gasteiger partial charge in [0, 0.05) is 16.6 Å². The van der Waals surface area contributed by atoms with Crippen molar-refractivity contribution in [1.82, 2.24) is 5.32 Å². The Kier molecular flexibility index (Phi) is 1.95. The zero-order valence-corrected chi connectivity index (χ0v) is 7.30. The molecule has 0 aromatic heterocycles. The summed E-state index contributed by atoms with van der Waals surface area (Å²) in [6.07, 6.45) is 1.08. The second-order valence-corrected chi connectivity index (χ2v) is 3.43. The minimum Gasteiger partial charge on any atom is -0.508 e. The van der Waals surface area contributed by atoms with Crippen LogP contribution in [0.15, 0.2) is 18.2 Å². The number of phenolic OH excluding ortho intramolecular Hbond substituents is 1. The van der Waals surface area contributed by atoms with Gasteiger partial charge in [-0.25, -0.2) is 0 Å². The van der Waals surface area contributed by atoms with Crippen molar-refractivity contribution in [2.75, 3.05) is 6.54 Å². The Morgan fingerprint density at radius 3 is 2.83 bits per heavy atom. The number of nitrogens with one attached hydrogen (secondary N) is 1. The third-order valence-electron chi connectivity index (χ3n) is 2.19. The predicted molar refractivity (Wildman–Crippen MR) is 48.5 cm³/mol. The van der Waals surface area contributed by atoms with Gasteiger partial charge in [-0.1, -0.05) is 11.6 Å². The number of hydrogen-bond donors (Lipinski definition) is 2. The second kappa shape index (κ2) is 2.96. The number of benzene rings is 1. The molecule has 1 aliphatic heterocycles. The molecule has 2 nitrogen and oxygen atoms in total. The fraction of sp³-hybridized carbons (Fsp3) is 0.333. The van der Waals surface area contributed by atoms with Crippen LogP contribution < -0.4 is 5.32 Å². The van der Waals surface area contributed by atoms with Gasteiger partial charge in [0.2, 0.25) is 0 Å². The first kappa shape index (κ1) is 7.90. The van der Waals surface area contributed by atoms with E-state index in [1.54, 1.807) is 12.1 Å². The van der Waals surface area contributed by atoms with E-state index in [4.69, 9.17) is 11.6 Å². The highest BCUT2D eigenvalue weighted by atomic mass is 35.5. The summed E-state index contributed by atoms with van der Waals surface area (Å²) in [7, 11) is 0. The molecule has 1 aliphatic rings. The van der Waals surface area contributed by atoms with E-state index in [1.165, 1.54) is 0 Å². The molecule has 1 saturated heterocycles. The van der Waals surface area contributed by atoms with E-state index in [0.29, 0.717) is 16.8 Å². The van der Waals surface area contributed by atoms with E-state index in [2.05, 4.69) is 5.32 Å². The second-order valence-electron chi connectivity index (χ2n) is 3.00. The summed E-state index contributed by atoms with van der Waals surface area (Å²) in [5, 5.41) is 13.4. The van der Waals surface area contributed by atoms with Crippen LogP contribution in [0.2, 0.25) is 5.02 Å². The van der Waals surface area contributed by atoms with Gasteiger partial charge in [0.15, 0.2) is 0 Å². The molecule has 64 valence electrons.